The van der Waals surface area contributed by atoms with Gasteiger partial charge in [-0.25, -0.2) is 0 Å². The molecule has 0 radical (unpaired) electrons. The number of nitrogens with one attached hydrogen (secondary N) is 4. The number of hydrogen-bond acceptors (Lipinski definition) is 6. The van der Waals surface area contributed by atoms with Gasteiger partial charge in [-0.05, 0) is 54.7 Å². The number of phenolic OH excluding ortho intramolecular Hbond substituents is 1. The number of carbonyl (C=O) groups excluding carboxylic acids is 5. The largest absolute Gasteiger partial charge is 0.508 e. The van der Waals surface area contributed by atoms with E-state index in [0.29, 0.717) is 18.4 Å². The highest BCUT2D eigenvalue weighted by Gasteiger charge is 2.31. The van der Waals surface area contributed by atoms with Gasteiger partial charge in [-0.2, -0.15) is 0 Å². The van der Waals surface area contributed by atoms with Crippen LogP contribution in [0.1, 0.15) is 73.3 Å². The predicted octanol–water partition coefficient (Wildman–Crippen LogP) is 1.52. The van der Waals surface area contributed by atoms with Gasteiger partial charge in [0.2, 0.25) is 29.5 Å². The summed E-state index contributed by atoms with van der Waals surface area (Å²) in [6, 6.07) is 2.42. The summed E-state index contributed by atoms with van der Waals surface area (Å²) < 4.78 is 0. The van der Waals surface area contributed by atoms with Gasteiger partial charge in [0.15, 0.2) is 0 Å². The lowest BCUT2D eigenvalue weighted by Gasteiger charge is -2.28. The van der Waals surface area contributed by atoms with E-state index in [1.807, 2.05) is 41.5 Å². The first kappa shape index (κ1) is 34.4. The third-order valence-electron chi connectivity index (χ3n) is 6.12. The molecule has 11 nitrogen and oxygen atoms in total. The smallest absolute Gasteiger partial charge is 0.243 e. The SMILES string of the molecule is CC(=O)N[C@@H](CC(C)C)C(=O)N[C@@H](CC(C)C)C(=O)N[C@@H](CC(C)C)C(=O)N[C@@H](Cc1ccc(O)cc1)C(N)=O. The molecular formula is C29H47N5O6. The molecule has 1 rings (SSSR count). The van der Waals surface area contributed by atoms with Crippen molar-refractivity contribution in [2.45, 2.75) is 98.3 Å². The average Bonchev–Trinajstić information content (AvgIpc) is 2.82. The van der Waals surface area contributed by atoms with E-state index in [9.17, 15) is 29.1 Å². The van der Waals surface area contributed by atoms with Gasteiger partial charge in [-0.1, -0.05) is 53.7 Å². The van der Waals surface area contributed by atoms with Crippen LogP contribution in [-0.2, 0) is 30.4 Å². The fourth-order valence-electron chi connectivity index (χ4n) is 4.26. The fourth-order valence-corrected chi connectivity index (χ4v) is 4.26. The fraction of sp³-hybridized carbons (Fsp3) is 0.621. The molecule has 0 spiro atoms. The quantitative estimate of drug-likeness (QED) is 0.178. The van der Waals surface area contributed by atoms with Gasteiger partial charge >= 0.3 is 0 Å². The molecule has 224 valence electrons. The molecule has 7 N–H and O–H groups in total. The maximum Gasteiger partial charge on any atom is 0.243 e. The van der Waals surface area contributed by atoms with Crippen molar-refractivity contribution < 1.29 is 29.1 Å². The lowest BCUT2D eigenvalue weighted by molar-refractivity contribution is -0.134. The summed E-state index contributed by atoms with van der Waals surface area (Å²) in [6.07, 6.45) is 1.10. The number of benzene rings is 1. The Balaban J connectivity index is 3.09. The topological polar surface area (TPSA) is 180 Å². The molecule has 0 aliphatic rings. The van der Waals surface area contributed by atoms with Gasteiger partial charge in [0.25, 0.3) is 0 Å². The van der Waals surface area contributed by atoms with Crippen molar-refractivity contribution in [2.75, 3.05) is 0 Å². The summed E-state index contributed by atoms with van der Waals surface area (Å²) >= 11 is 0. The first-order valence-electron chi connectivity index (χ1n) is 13.8. The summed E-state index contributed by atoms with van der Waals surface area (Å²) in [6.45, 7) is 12.8. The Hall–Kier alpha value is -3.63. The minimum atomic E-state index is -1.04. The van der Waals surface area contributed by atoms with Crippen molar-refractivity contribution in [3.05, 3.63) is 29.8 Å². The van der Waals surface area contributed by atoms with Crippen LogP contribution < -0.4 is 27.0 Å². The Kier molecular flexibility index (Phi) is 14.2. The van der Waals surface area contributed by atoms with Crippen molar-refractivity contribution in [2.24, 2.45) is 23.5 Å². The summed E-state index contributed by atoms with van der Waals surface area (Å²) in [4.78, 5) is 63.6. The highest BCUT2D eigenvalue weighted by atomic mass is 16.3. The molecule has 5 amide bonds. The van der Waals surface area contributed by atoms with Crippen LogP contribution in [0.4, 0.5) is 0 Å². The minimum absolute atomic E-state index is 0.0218. The highest BCUT2D eigenvalue weighted by Crippen LogP contribution is 2.13. The first-order valence-corrected chi connectivity index (χ1v) is 13.8. The predicted molar refractivity (Wildman–Crippen MR) is 153 cm³/mol. The van der Waals surface area contributed by atoms with Crippen molar-refractivity contribution in [1.29, 1.82) is 0 Å². The zero-order valence-corrected chi connectivity index (χ0v) is 24.7. The molecule has 0 aromatic heterocycles. The Morgan fingerprint density at radius 2 is 1.00 bits per heavy atom. The number of aromatic hydroxyl groups is 1. The number of carbonyl (C=O) groups is 5. The summed E-state index contributed by atoms with van der Waals surface area (Å²) in [5.41, 5.74) is 6.23. The molecule has 0 unspecified atom stereocenters. The maximum atomic E-state index is 13.4. The zero-order valence-electron chi connectivity index (χ0n) is 24.7. The number of hydrogen-bond donors (Lipinski definition) is 6. The monoisotopic (exact) mass is 561 g/mol. The molecule has 4 atom stereocenters. The van der Waals surface area contributed by atoms with E-state index in [1.165, 1.54) is 19.1 Å². The van der Waals surface area contributed by atoms with Crippen LogP contribution in [0, 0.1) is 17.8 Å². The molecule has 0 bridgehead atoms. The molecule has 0 fully saturated rings. The maximum absolute atomic E-state index is 13.4. The van der Waals surface area contributed by atoms with Gasteiger partial charge in [0.05, 0.1) is 0 Å². The first-order chi connectivity index (χ1) is 18.6. The van der Waals surface area contributed by atoms with Crippen molar-refractivity contribution in [3.63, 3.8) is 0 Å². The van der Waals surface area contributed by atoms with Gasteiger partial charge < -0.3 is 32.1 Å². The molecule has 40 heavy (non-hydrogen) atoms. The molecule has 0 saturated carbocycles. The Morgan fingerprint density at radius 3 is 1.32 bits per heavy atom. The van der Waals surface area contributed by atoms with Crippen LogP contribution in [0.2, 0.25) is 0 Å². The molecule has 0 saturated heterocycles. The second-order valence-corrected chi connectivity index (χ2v) is 11.6. The number of rotatable bonds is 16. The number of primary amides is 1. The molecule has 1 aromatic rings. The molecule has 0 aliphatic heterocycles. The lowest BCUT2D eigenvalue weighted by Crippen LogP contribution is -2.58. The molecular weight excluding hydrogens is 514 g/mol. The summed E-state index contributed by atoms with van der Waals surface area (Å²) in [5, 5.41) is 20.3. The van der Waals surface area contributed by atoms with E-state index in [0.717, 1.165) is 0 Å². The standard InChI is InChI=1S/C29H47N5O6/c1-16(2)12-23(31-19(7)35)27(38)33-25(14-18(5)6)29(40)34-24(13-17(3)4)28(39)32-22(26(30)37)15-20-8-10-21(36)11-9-20/h8-11,16-18,22-25,36H,12-15H2,1-7H3,(H2,30,37)(H,31,35)(H,32,39)(H,33,38)(H,34,40)/t22-,23-,24-,25-/m0/s1. The molecule has 0 aliphatic carbocycles. The van der Waals surface area contributed by atoms with E-state index in [1.54, 1.807) is 12.1 Å². The third kappa shape index (κ3) is 12.9. The second-order valence-electron chi connectivity index (χ2n) is 11.6. The van der Waals surface area contributed by atoms with Gasteiger partial charge in [-0.3, -0.25) is 24.0 Å². The third-order valence-corrected chi connectivity index (χ3v) is 6.12. The van der Waals surface area contributed by atoms with Crippen LogP contribution in [0.25, 0.3) is 0 Å². The van der Waals surface area contributed by atoms with Gasteiger partial charge in [-0.15, -0.1) is 0 Å². The number of amides is 5. The second kappa shape index (κ2) is 16.5. The van der Waals surface area contributed by atoms with Gasteiger partial charge in [0.1, 0.15) is 29.9 Å². The Morgan fingerprint density at radius 1 is 0.650 bits per heavy atom. The van der Waals surface area contributed by atoms with E-state index >= 15 is 0 Å². The van der Waals surface area contributed by atoms with Crippen LogP contribution >= 0.6 is 0 Å². The normalized spacial score (nSPS) is 14.2. The average molecular weight is 562 g/mol. The zero-order chi connectivity index (χ0) is 30.6. The Bertz CT molecular complexity index is 1010. The van der Waals surface area contributed by atoms with Crippen LogP contribution in [0.5, 0.6) is 5.75 Å². The van der Waals surface area contributed by atoms with Crippen LogP contribution in [-0.4, -0.2) is 58.8 Å². The van der Waals surface area contributed by atoms with Crippen LogP contribution in [0.15, 0.2) is 24.3 Å². The summed E-state index contributed by atoms with van der Waals surface area (Å²) in [5.74, 6) is -2.42. The molecule has 11 heteroatoms. The van der Waals surface area contributed by atoms with Crippen LogP contribution in [0.3, 0.4) is 0 Å². The van der Waals surface area contributed by atoms with E-state index < -0.39 is 47.8 Å². The van der Waals surface area contributed by atoms with Crippen molar-refractivity contribution >= 4 is 29.5 Å². The number of nitrogens with two attached hydrogens (primary N) is 1. The Labute approximate surface area is 237 Å². The van der Waals surface area contributed by atoms with Crippen molar-refractivity contribution in [1.82, 2.24) is 21.3 Å². The summed E-state index contributed by atoms with van der Waals surface area (Å²) in [7, 11) is 0. The molecule has 1 aromatic carbocycles. The lowest BCUT2D eigenvalue weighted by atomic mass is 9.98. The van der Waals surface area contributed by atoms with E-state index in [4.69, 9.17) is 5.73 Å². The minimum Gasteiger partial charge on any atom is -0.508 e. The molecule has 0 heterocycles. The number of phenols is 1. The van der Waals surface area contributed by atoms with E-state index in [-0.39, 0.29) is 42.3 Å². The van der Waals surface area contributed by atoms with Crippen molar-refractivity contribution in [3.8, 4) is 5.75 Å². The van der Waals surface area contributed by atoms with E-state index in [2.05, 4.69) is 21.3 Å². The highest BCUT2D eigenvalue weighted by molar-refractivity contribution is 5.95. The van der Waals surface area contributed by atoms with Gasteiger partial charge in [0, 0.05) is 13.3 Å².